The molecule has 0 N–H and O–H groups in total. The molecule has 0 atom stereocenters. The molecule has 0 aliphatic rings. The van der Waals surface area contributed by atoms with E-state index in [2.05, 4.69) is 84.8 Å². The van der Waals surface area contributed by atoms with Crippen LogP contribution >= 0.6 is 0 Å². The zero-order chi connectivity index (χ0) is 18.6. The summed E-state index contributed by atoms with van der Waals surface area (Å²) in [4.78, 5) is 0. The van der Waals surface area contributed by atoms with Gasteiger partial charge in [-0.2, -0.15) is 0 Å². The van der Waals surface area contributed by atoms with Crippen LogP contribution in [0, 0.1) is 0 Å². The first-order chi connectivity index (χ1) is 13.3. The van der Waals surface area contributed by atoms with E-state index in [4.69, 9.17) is 0 Å². The lowest BCUT2D eigenvalue weighted by atomic mass is 10.0. The summed E-state index contributed by atoms with van der Waals surface area (Å²) in [6, 6.07) is 24.3. The van der Waals surface area contributed by atoms with E-state index in [0.717, 1.165) is 6.54 Å². The molecule has 0 aliphatic carbocycles. The van der Waals surface area contributed by atoms with Crippen LogP contribution in [0.5, 0.6) is 0 Å². The fraction of sp³-hybridized carbons (Fsp3) is 0.231. The quantitative estimate of drug-likeness (QED) is 0.300. The Balaban J connectivity index is 1.86. The molecule has 0 radical (unpaired) electrons. The summed E-state index contributed by atoms with van der Waals surface area (Å²) in [5.41, 5.74) is 6.39. The third-order valence-electron chi connectivity index (χ3n) is 5.47. The Morgan fingerprint density at radius 1 is 0.778 bits per heavy atom. The zero-order valence-electron chi connectivity index (χ0n) is 16.1. The van der Waals surface area contributed by atoms with Crippen LogP contribution in [0.4, 0.5) is 0 Å². The SMILES string of the molecule is C=Cc1ccc2c(c1)c1cc(-c3ccccc3)ccc1n2CCCCCC. The molecule has 1 nitrogen and oxygen atoms in total. The fourth-order valence-corrected chi connectivity index (χ4v) is 4.00. The van der Waals surface area contributed by atoms with Crippen molar-refractivity contribution >= 4 is 27.9 Å². The first kappa shape index (κ1) is 17.6. The molecule has 0 saturated carbocycles. The topological polar surface area (TPSA) is 4.93 Å². The number of unbranched alkanes of at least 4 members (excludes halogenated alkanes) is 3. The summed E-state index contributed by atoms with van der Waals surface area (Å²) < 4.78 is 2.50. The number of hydrogen-bond donors (Lipinski definition) is 0. The molecule has 0 saturated heterocycles. The molecule has 1 heterocycles. The summed E-state index contributed by atoms with van der Waals surface area (Å²) in [6.45, 7) is 7.30. The maximum Gasteiger partial charge on any atom is 0.0491 e. The van der Waals surface area contributed by atoms with Crippen molar-refractivity contribution in [3.05, 3.63) is 78.9 Å². The second kappa shape index (κ2) is 7.84. The minimum absolute atomic E-state index is 1.08. The Morgan fingerprint density at radius 2 is 1.52 bits per heavy atom. The van der Waals surface area contributed by atoms with E-state index in [1.54, 1.807) is 0 Å². The summed E-state index contributed by atoms with van der Waals surface area (Å²) in [7, 11) is 0. The highest BCUT2D eigenvalue weighted by atomic mass is 15.0. The van der Waals surface area contributed by atoms with Crippen molar-refractivity contribution in [1.29, 1.82) is 0 Å². The normalized spacial score (nSPS) is 11.3. The van der Waals surface area contributed by atoms with Gasteiger partial charge in [0.25, 0.3) is 0 Å². The van der Waals surface area contributed by atoms with E-state index < -0.39 is 0 Å². The highest BCUT2D eigenvalue weighted by Gasteiger charge is 2.12. The lowest BCUT2D eigenvalue weighted by molar-refractivity contribution is 0.602. The Kier molecular flexibility index (Phi) is 5.11. The molecule has 0 bridgehead atoms. The minimum atomic E-state index is 1.08. The van der Waals surface area contributed by atoms with Crippen LogP contribution in [-0.4, -0.2) is 4.57 Å². The van der Waals surface area contributed by atoms with Crippen molar-refractivity contribution in [3.8, 4) is 11.1 Å². The number of aryl methyl sites for hydroxylation is 1. The van der Waals surface area contributed by atoms with Gasteiger partial charge in [-0.3, -0.25) is 0 Å². The van der Waals surface area contributed by atoms with E-state index in [1.165, 1.54) is 64.2 Å². The number of benzene rings is 3. The van der Waals surface area contributed by atoms with Crippen LogP contribution in [0.25, 0.3) is 39.0 Å². The average molecular weight is 354 g/mol. The van der Waals surface area contributed by atoms with E-state index in [-0.39, 0.29) is 0 Å². The first-order valence-corrected chi connectivity index (χ1v) is 10.1. The van der Waals surface area contributed by atoms with Crippen LogP contribution in [0.2, 0.25) is 0 Å². The van der Waals surface area contributed by atoms with E-state index in [0.29, 0.717) is 0 Å². The summed E-state index contributed by atoms with van der Waals surface area (Å²) in [6.07, 6.45) is 7.05. The van der Waals surface area contributed by atoms with E-state index in [9.17, 15) is 0 Å². The van der Waals surface area contributed by atoms with Crippen LogP contribution in [0.15, 0.2) is 73.3 Å². The average Bonchev–Trinajstić information content (AvgIpc) is 3.04. The van der Waals surface area contributed by atoms with Crippen molar-refractivity contribution in [1.82, 2.24) is 4.57 Å². The lowest BCUT2D eigenvalue weighted by Gasteiger charge is -2.08. The molecule has 0 fully saturated rings. The standard InChI is InChI=1S/C26H27N/c1-3-5-6-10-17-27-25-15-13-20(4-2)18-23(25)24-19-22(14-16-26(24)27)21-11-8-7-9-12-21/h4,7-9,11-16,18-19H,2-3,5-6,10,17H2,1H3. The Morgan fingerprint density at radius 3 is 2.26 bits per heavy atom. The molecule has 1 aromatic heterocycles. The molecular formula is C26H27N. The second-order valence-corrected chi connectivity index (χ2v) is 7.29. The number of nitrogens with zero attached hydrogens (tertiary/aromatic N) is 1. The van der Waals surface area contributed by atoms with Crippen molar-refractivity contribution < 1.29 is 0 Å². The molecule has 0 aliphatic heterocycles. The predicted octanol–water partition coefficient (Wildman–Crippen LogP) is 7.68. The lowest BCUT2D eigenvalue weighted by Crippen LogP contribution is -1.97. The molecule has 136 valence electrons. The van der Waals surface area contributed by atoms with E-state index in [1.807, 2.05) is 6.08 Å². The minimum Gasteiger partial charge on any atom is -0.340 e. The van der Waals surface area contributed by atoms with Gasteiger partial charge < -0.3 is 4.57 Å². The number of fused-ring (bicyclic) bond motifs is 3. The van der Waals surface area contributed by atoms with Crippen molar-refractivity contribution in [2.24, 2.45) is 0 Å². The maximum atomic E-state index is 3.95. The van der Waals surface area contributed by atoms with Gasteiger partial charge in [-0.25, -0.2) is 0 Å². The van der Waals surface area contributed by atoms with Gasteiger partial charge in [0.1, 0.15) is 0 Å². The van der Waals surface area contributed by atoms with Gasteiger partial charge in [-0.15, -0.1) is 0 Å². The Labute approximate surface area is 162 Å². The Hall–Kier alpha value is -2.80. The monoisotopic (exact) mass is 353 g/mol. The molecule has 3 aromatic carbocycles. The molecule has 0 spiro atoms. The number of aromatic nitrogens is 1. The molecule has 1 heteroatoms. The first-order valence-electron chi connectivity index (χ1n) is 10.1. The van der Waals surface area contributed by atoms with Gasteiger partial charge in [0, 0.05) is 28.4 Å². The molecule has 0 amide bonds. The molecule has 0 unspecified atom stereocenters. The summed E-state index contributed by atoms with van der Waals surface area (Å²) in [5, 5.41) is 2.67. The molecular weight excluding hydrogens is 326 g/mol. The van der Waals surface area contributed by atoms with Crippen molar-refractivity contribution in [3.63, 3.8) is 0 Å². The second-order valence-electron chi connectivity index (χ2n) is 7.29. The van der Waals surface area contributed by atoms with Crippen molar-refractivity contribution in [2.75, 3.05) is 0 Å². The largest absolute Gasteiger partial charge is 0.340 e. The van der Waals surface area contributed by atoms with Crippen molar-refractivity contribution in [2.45, 2.75) is 39.2 Å². The summed E-state index contributed by atoms with van der Waals surface area (Å²) >= 11 is 0. The van der Waals surface area contributed by atoms with Crippen LogP contribution in [0.1, 0.15) is 38.2 Å². The van der Waals surface area contributed by atoms with Gasteiger partial charge in [-0.05, 0) is 47.4 Å². The van der Waals surface area contributed by atoms with Gasteiger partial charge in [0.15, 0.2) is 0 Å². The fourth-order valence-electron chi connectivity index (χ4n) is 4.00. The van der Waals surface area contributed by atoms with Gasteiger partial charge in [0.05, 0.1) is 0 Å². The third-order valence-corrected chi connectivity index (χ3v) is 5.47. The van der Waals surface area contributed by atoms with Crippen LogP contribution in [0.3, 0.4) is 0 Å². The molecule has 4 rings (SSSR count). The summed E-state index contributed by atoms with van der Waals surface area (Å²) in [5.74, 6) is 0. The number of rotatable bonds is 7. The molecule has 4 aromatic rings. The highest BCUT2D eigenvalue weighted by molar-refractivity contribution is 6.09. The van der Waals surface area contributed by atoms with Gasteiger partial charge in [-0.1, -0.05) is 81.3 Å². The number of hydrogen-bond acceptors (Lipinski definition) is 0. The highest BCUT2D eigenvalue weighted by Crippen LogP contribution is 2.33. The van der Waals surface area contributed by atoms with E-state index >= 15 is 0 Å². The van der Waals surface area contributed by atoms with Crippen LogP contribution in [-0.2, 0) is 6.54 Å². The Bertz CT molecular complexity index is 1070. The van der Waals surface area contributed by atoms with Gasteiger partial charge >= 0.3 is 0 Å². The zero-order valence-corrected chi connectivity index (χ0v) is 16.1. The molecule has 27 heavy (non-hydrogen) atoms. The maximum absolute atomic E-state index is 3.95. The predicted molar refractivity (Wildman–Crippen MR) is 119 cm³/mol. The third kappa shape index (κ3) is 3.42. The van der Waals surface area contributed by atoms with Crippen LogP contribution < -0.4 is 0 Å². The smallest absolute Gasteiger partial charge is 0.0491 e. The van der Waals surface area contributed by atoms with Gasteiger partial charge in [0.2, 0.25) is 0 Å².